The van der Waals surface area contributed by atoms with Gasteiger partial charge >= 0.3 is 16.4 Å². The predicted octanol–water partition coefficient (Wildman–Crippen LogP) is 4.51. The molecule has 170 valence electrons. The number of hydrogen-bond acceptors (Lipinski definition) is 3. The smallest absolute Gasteiger partial charge is 0.318 e. The van der Waals surface area contributed by atoms with E-state index in [1.165, 1.54) is 13.0 Å². The highest BCUT2D eigenvalue weighted by molar-refractivity contribution is 7.88. The molecule has 2 aliphatic rings. The van der Waals surface area contributed by atoms with Crippen molar-refractivity contribution in [2.45, 2.75) is 45.7 Å². The van der Waals surface area contributed by atoms with E-state index in [1.54, 1.807) is 0 Å². The van der Waals surface area contributed by atoms with Gasteiger partial charge in [0.2, 0.25) is 0 Å². The summed E-state index contributed by atoms with van der Waals surface area (Å²) in [6, 6.07) is 2.50. The minimum absolute atomic E-state index is 0.120. The van der Waals surface area contributed by atoms with Crippen LogP contribution in [0.2, 0.25) is 0 Å². The third-order valence-corrected chi connectivity index (χ3v) is 7.01. The Labute approximate surface area is 178 Å². The predicted molar refractivity (Wildman–Crippen MR) is 108 cm³/mol. The number of rotatable bonds is 4. The van der Waals surface area contributed by atoms with E-state index in [0.717, 1.165) is 42.1 Å². The summed E-state index contributed by atoms with van der Waals surface area (Å²) in [5.41, 5.74) is -2.28. The summed E-state index contributed by atoms with van der Waals surface area (Å²) < 4.78 is 83.1. The molecule has 0 radical (unpaired) electrons. The summed E-state index contributed by atoms with van der Waals surface area (Å²) in [7, 11) is -4.20. The third-order valence-electron chi connectivity index (χ3n) is 5.56. The molecule has 1 aliphatic heterocycles. The molecule has 0 bridgehead atoms. The summed E-state index contributed by atoms with van der Waals surface area (Å²) in [5.74, 6) is -2.29. The molecule has 1 aliphatic carbocycles. The Bertz CT molecular complexity index is 1030. The number of hydrogen-bond donors (Lipinski definition) is 1. The van der Waals surface area contributed by atoms with Crippen LogP contribution < -0.4 is 5.32 Å². The first-order valence-corrected chi connectivity index (χ1v) is 11.3. The topological polar surface area (TPSA) is 78.8 Å². The number of carbonyl (C=O) groups is 1. The maximum absolute atomic E-state index is 14.3. The van der Waals surface area contributed by atoms with Crippen molar-refractivity contribution >= 4 is 27.5 Å². The van der Waals surface area contributed by atoms with Crippen LogP contribution in [0, 0.1) is 17.7 Å². The van der Waals surface area contributed by atoms with Crippen LogP contribution in [0.25, 0.3) is 0 Å². The molecular weight excluding hydrogens is 438 g/mol. The average molecular weight is 461 g/mol. The van der Waals surface area contributed by atoms with Gasteiger partial charge in [-0.15, -0.1) is 4.40 Å². The maximum Gasteiger partial charge on any atom is 0.419 e. The lowest BCUT2D eigenvalue weighted by atomic mass is 9.80. The molecule has 31 heavy (non-hydrogen) atoms. The zero-order chi connectivity index (χ0) is 23.0. The lowest BCUT2D eigenvalue weighted by Crippen LogP contribution is -2.39. The van der Waals surface area contributed by atoms with Gasteiger partial charge in [0, 0.05) is 12.5 Å². The fourth-order valence-corrected chi connectivity index (χ4v) is 5.12. The number of halogens is 4. The van der Waals surface area contributed by atoms with E-state index >= 15 is 0 Å². The molecular formula is C20H23F4N3O3S. The summed E-state index contributed by atoms with van der Waals surface area (Å²) in [6.07, 6.45) is -0.375. The van der Waals surface area contributed by atoms with Crippen LogP contribution in [-0.4, -0.2) is 30.9 Å². The molecule has 1 heterocycles. The first-order chi connectivity index (χ1) is 14.4. The molecule has 11 heteroatoms. The fourth-order valence-electron chi connectivity index (χ4n) is 3.84. The Kier molecular flexibility index (Phi) is 6.45. The molecule has 1 saturated carbocycles. The number of alkyl halides is 3. The van der Waals surface area contributed by atoms with Crippen LogP contribution >= 0.6 is 0 Å². The Morgan fingerprint density at radius 1 is 1.23 bits per heavy atom. The van der Waals surface area contributed by atoms with Crippen molar-refractivity contribution in [2.24, 2.45) is 16.2 Å². The first kappa shape index (κ1) is 23.2. The second-order valence-corrected chi connectivity index (χ2v) is 9.28. The fraction of sp³-hybridized carbons (Fsp3) is 0.500. The number of nitrogens with one attached hydrogen (secondary N) is 1. The van der Waals surface area contributed by atoms with Crippen LogP contribution in [0.3, 0.4) is 0 Å². The number of likely N-dealkylation sites (N-methyl/N-ethyl adjacent to an activating group) is 1. The zero-order valence-corrected chi connectivity index (χ0v) is 17.9. The molecule has 0 saturated heterocycles. The van der Waals surface area contributed by atoms with Gasteiger partial charge < -0.3 is 5.32 Å². The second kappa shape index (κ2) is 8.60. The molecule has 1 aromatic carbocycles. The van der Waals surface area contributed by atoms with Crippen molar-refractivity contribution in [1.82, 2.24) is 4.31 Å². The van der Waals surface area contributed by atoms with Gasteiger partial charge in [-0.05, 0) is 43.9 Å². The normalized spacial score (nSPS) is 23.7. The van der Waals surface area contributed by atoms with Crippen LogP contribution in [0.1, 0.15) is 45.1 Å². The second-order valence-electron chi connectivity index (χ2n) is 7.76. The molecule has 1 fully saturated rings. The molecule has 0 unspecified atom stereocenters. The maximum atomic E-state index is 14.3. The first-order valence-electron chi connectivity index (χ1n) is 9.95. The Morgan fingerprint density at radius 3 is 2.45 bits per heavy atom. The third kappa shape index (κ3) is 4.91. The minimum Gasteiger partial charge on any atom is -0.318 e. The van der Waals surface area contributed by atoms with E-state index in [1.807, 2.05) is 0 Å². The minimum atomic E-state index is -4.94. The van der Waals surface area contributed by atoms with Gasteiger partial charge in [0.1, 0.15) is 5.70 Å². The quantitative estimate of drug-likeness (QED) is 0.670. The monoisotopic (exact) mass is 461 g/mol. The number of nitrogens with zero attached hydrogens (tertiary/aromatic N) is 2. The Balaban J connectivity index is 1.94. The summed E-state index contributed by atoms with van der Waals surface area (Å²) >= 11 is 0. The summed E-state index contributed by atoms with van der Waals surface area (Å²) in [4.78, 5) is 12.8. The lowest BCUT2D eigenvalue weighted by molar-refractivity contribution is -0.140. The van der Waals surface area contributed by atoms with Crippen molar-refractivity contribution in [2.75, 3.05) is 11.9 Å². The van der Waals surface area contributed by atoms with Gasteiger partial charge in [-0.25, -0.2) is 8.70 Å². The molecule has 0 aromatic heterocycles. The number of carbonyl (C=O) groups excluding carboxylic acids is 1. The van der Waals surface area contributed by atoms with E-state index in [9.17, 15) is 30.8 Å². The van der Waals surface area contributed by atoms with Gasteiger partial charge in [-0.2, -0.15) is 21.6 Å². The molecule has 0 atom stereocenters. The molecule has 6 nitrogen and oxygen atoms in total. The van der Waals surface area contributed by atoms with Crippen molar-refractivity contribution < 1.29 is 30.8 Å². The van der Waals surface area contributed by atoms with Crippen LogP contribution in [0.5, 0.6) is 0 Å². The van der Waals surface area contributed by atoms with Crippen molar-refractivity contribution in [3.05, 3.63) is 41.4 Å². The average Bonchev–Trinajstić information content (AvgIpc) is 2.67. The van der Waals surface area contributed by atoms with Gasteiger partial charge in [0.25, 0.3) is 5.91 Å². The van der Waals surface area contributed by atoms with E-state index < -0.39 is 39.4 Å². The molecule has 1 N–H and O–H groups in total. The zero-order valence-electron chi connectivity index (χ0n) is 17.0. The summed E-state index contributed by atoms with van der Waals surface area (Å²) in [6.45, 7) is 3.48. The van der Waals surface area contributed by atoms with Crippen LogP contribution in [0.4, 0.5) is 23.2 Å². The van der Waals surface area contributed by atoms with E-state index in [4.69, 9.17) is 0 Å². The van der Waals surface area contributed by atoms with Crippen molar-refractivity contribution in [3.8, 4) is 0 Å². The highest BCUT2D eigenvalue weighted by Gasteiger charge is 2.37. The highest BCUT2D eigenvalue weighted by atomic mass is 32.2. The van der Waals surface area contributed by atoms with Gasteiger partial charge in [-0.1, -0.05) is 25.8 Å². The largest absolute Gasteiger partial charge is 0.419 e. The molecule has 3 rings (SSSR count). The Morgan fingerprint density at radius 2 is 1.87 bits per heavy atom. The molecule has 0 spiro atoms. The SMILES string of the molecule is CCN1C(C(=O)Nc2cccc(C(F)(F)F)c2F)=CC(C2CCC(C)CC2)=NS1(=O)=O. The molecule has 1 aromatic rings. The molecule has 1 amide bonds. The lowest BCUT2D eigenvalue weighted by Gasteiger charge is -2.31. The summed E-state index contributed by atoms with van der Waals surface area (Å²) in [5, 5.41) is 2.08. The van der Waals surface area contributed by atoms with Crippen molar-refractivity contribution in [3.63, 3.8) is 0 Å². The Hall–Kier alpha value is -2.43. The number of benzene rings is 1. The van der Waals surface area contributed by atoms with Gasteiger partial charge in [0.15, 0.2) is 5.82 Å². The highest BCUT2D eigenvalue weighted by Crippen LogP contribution is 2.35. The van der Waals surface area contributed by atoms with E-state index in [0.29, 0.717) is 12.0 Å². The van der Waals surface area contributed by atoms with Gasteiger partial charge in [-0.3, -0.25) is 4.79 Å². The van der Waals surface area contributed by atoms with Gasteiger partial charge in [0.05, 0.1) is 17.0 Å². The number of amides is 1. The number of allylic oxidation sites excluding steroid dienone is 1. The van der Waals surface area contributed by atoms with E-state index in [2.05, 4.69) is 16.6 Å². The van der Waals surface area contributed by atoms with Crippen LogP contribution in [-0.2, 0) is 21.2 Å². The standard InChI is InChI=1S/C20H23F4N3O3S/c1-3-27-17(11-16(26-31(27,29)30)13-9-7-12(2)8-10-13)19(28)25-15-6-4-5-14(18(15)21)20(22,23)24/h4-6,11-13H,3,7-10H2,1-2H3,(H,25,28). The van der Waals surface area contributed by atoms with E-state index in [-0.39, 0.29) is 23.9 Å². The van der Waals surface area contributed by atoms with Crippen molar-refractivity contribution in [1.29, 1.82) is 0 Å². The number of anilines is 1. The van der Waals surface area contributed by atoms with Crippen LogP contribution in [0.15, 0.2) is 34.4 Å².